The molecule has 8 heteroatoms. The van der Waals surface area contributed by atoms with Crippen molar-refractivity contribution in [2.45, 2.75) is 6.92 Å². The van der Waals surface area contributed by atoms with Gasteiger partial charge < -0.3 is 29.7 Å². The van der Waals surface area contributed by atoms with E-state index in [4.69, 9.17) is 14.2 Å². The molecule has 0 aliphatic rings. The smallest absolute Gasteiger partial charge is 0.195 e. The van der Waals surface area contributed by atoms with E-state index in [0.717, 1.165) is 37.9 Å². The lowest BCUT2D eigenvalue weighted by molar-refractivity contribution is 0.163. The van der Waals surface area contributed by atoms with E-state index in [1.807, 2.05) is 25.1 Å². The van der Waals surface area contributed by atoms with Crippen molar-refractivity contribution >= 4 is 35.6 Å². The topological polar surface area (TPSA) is 67.4 Å². The Morgan fingerprint density at radius 2 is 1.84 bits per heavy atom. The fourth-order valence-electron chi connectivity index (χ4n) is 2.05. The van der Waals surface area contributed by atoms with E-state index in [0.29, 0.717) is 18.0 Å². The minimum absolute atomic E-state index is 0. The first-order chi connectivity index (χ1) is 11.6. The van der Waals surface area contributed by atoms with Gasteiger partial charge >= 0.3 is 0 Å². The molecule has 144 valence electrons. The first-order valence-corrected chi connectivity index (χ1v) is 8.09. The van der Waals surface area contributed by atoms with Crippen molar-refractivity contribution in [3.05, 3.63) is 18.2 Å². The Hall–Kier alpha value is -1.26. The van der Waals surface area contributed by atoms with Crippen molar-refractivity contribution in [3.8, 4) is 11.5 Å². The second-order valence-electron chi connectivity index (χ2n) is 5.25. The summed E-state index contributed by atoms with van der Waals surface area (Å²) in [4.78, 5) is 6.78. The maximum absolute atomic E-state index is 5.32. The van der Waals surface area contributed by atoms with E-state index in [9.17, 15) is 0 Å². The Morgan fingerprint density at radius 1 is 1.12 bits per heavy atom. The third-order valence-electron chi connectivity index (χ3n) is 3.42. The second-order valence-corrected chi connectivity index (χ2v) is 5.25. The van der Waals surface area contributed by atoms with E-state index >= 15 is 0 Å². The molecule has 0 aliphatic heterocycles. The van der Waals surface area contributed by atoms with E-state index in [-0.39, 0.29) is 24.0 Å². The standard InChI is InChI=1S/C17H30N4O3.HI/c1-6-18-17(19-9-10-21(2)11-12-22-3)20-14-7-8-15(23-4)16(13-14)24-5;/h7-8,13H,6,9-12H2,1-5H3,(H2,18,19,20);1H. The van der Waals surface area contributed by atoms with Crippen molar-refractivity contribution < 1.29 is 14.2 Å². The van der Waals surface area contributed by atoms with E-state index in [2.05, 4.69) is 27.6 Å². The Balaban J connectivity index is 0.00000576. The lowest BCUT2D eigenvalue weighted by Crippen LogP contribution is -2.32. The number of nitrogens with one attached hydrogen (secondary N) is 2. The third kappa shape index (κ3) is 9.13. The highest BCUT2D eigenvalue weighted by Gasteiger charge is 2.06. The summed E-state index contributed by atoms with van der Waals surface area (Å²) in [5, 5.41) is 6.52. The van der Waals surface area contributed by atoms with Gasteiger partial charge in [0.2, 0.25) is 0 Å². The zero-order chi connectivity index (χ0) is 17.8. The van der Waals surface area contributed by atoms with Crippen LogP contribution in [0.1, 0.15) is 6.92 Å². The van der Waals surface area contributed by atoms with Gasteiger partial charge in [0.15, 0.2) is 17.5 Å². The summed E-state index contributed by atoms with van der Waals surface area (Å²) in [6, 6.07) is 5.68. The van der Waals surface area contributed by atoms with Crippen molar-refractivity contribution in [1.82, 2.24) is 10.2 Å². The Morgan fingerprint density at radius 3 is 2.44 bits per heavy atom. The average Bonchev–Trinajstić information content (AvgIpc) is 2.59. The van der Waals surface area contributed by atoms with Gasteiger partial charge in [-0.3, -0.25) is 4.99 Å². The first-order valence-electron chi connectivity index (χ1n) is 8.09. The molecular weight excluding hydrogens is 435 g/mol. The molecule has 0 aliphatic carbocycles. The molecule has 0 spiro atoms. The first kappa shape index (κ1) is 23.7. The molecule has 2 N–H and O–H groups in total. The number of aliphatic imine (C=N–C) groups is 1. The van der Waals surface area contributed by atoms with Crippen LogP contribution in [0.2, 0.25) is 0 Å². The summed E-state index contributed by atoms with van der Waals surface area (Å²) in [7, 11) is 7.01. The largest absolute Gasteiger partial charge is 0.493 e. The third-order valence-corrected chi connectivity index (χ3v) is 3.42. The number of guanidine groups is 1. The number of halogens is 1. The Bertz CT molecular complexity index is 515. The summed E-state index contributed by atoms with van der Waals surface area (Å²) < 4.78 is 15.7. The fourth-order valence-corrected chi connectivity index (χ4v) is 2.05. The van der Waals surface area contributed by atoms with Crippen LogP contribution in [0.3, 0.4) is 0 Å². The number of benzene rings is 1. The minimum Gasteiger partial charge on any atom is -0.493 e. The maximum atomic E-state index is 5.32. The molecule has 7 nitrogen and oxygen atoms in total. The summed E-state index contributed by atoms with van der Waals surface area (Å²) in [5.41, 5.74) is 0.889. The lowest BCUT2D eigenvalue weighted by atomic mass is 10.3. The fraction of sp³-hybridized carbons (Fsp3) is 0.588. The molecule has 1 aromatic carbocycles. The summed E-state index contributed by atoms with van der Waals surface area (Å²) >= 11 is 0. The van der Waals surface area contributed by atoms with Crippen molar-refractivity contribution in [2.24, 2.45) is 4.99 Å². The molecule has 1 aromatic rings. The zero-order valence-corrected chi connectivity index (χ0v) is 18.1. The highest BCUT2D eigenvalue weighted by Crippen LogP contribution is 2.29. The van der Waals surface area contributed by atoms with Gasteiger partial charge in [0.1, 0.15) is 0 Å². The van der Waals surface area contributed by atoms with Gasteiger partial charge in [-0.2, -0.15) is 0 Å². The molecule has 0 saturated heterocycles. The Kier molecular flexibility index (Phi) is 13.3. The molecule has 0 amide bonds. The van der Waals surface area contributed by atoms with Crippen molar-refractivity contribution in [2.75, 3.05) is 66.5 Å². The number of methoxy groups -OCH3 is 3. The molecule has 0 radical (unpaired) electrons. The van der Waals surface area contributed by atoms with Gasteiger partial charge in [-0.15, -0.1) is 24.0 Å². The van der Waals surface area contributed by atoms with Crippen LogP contribution in [0.25, 0.3) is 0 Å². The van der Waals surface area contributed by atoms with Gasteiger partial charge in [0.05, 0.1) is 27.4 Å². The van der Waals surface area contributed by atoms with Crippen molar-refractivity contribution in [1.29, 1.82) is 0 Å². The van der Waals surface area contributed by atoms with Gasteiger partial charge in [-0.1, -0.05) is 0 Å². The second kappa shape index (κ2) is 14.0. The number of likely N-dealkylation sites (N-methyl/N-ethyl adjacent to an activating group) is 1. The van der Waals surface area contributed by atoms with Crippen LogP contribution in [0.15, 0.2) is 23.2 Å². The molecule has 0 heterocycles. The highest BCUT2D eigenvalue weighted by molar-refractivity contribution is 14.0. The predicted octanol–water partition coefficient (Wildman–Crippen LogP) is 2.28. The summed E-state index contributed by atoms with van der Waals surface area (Å²) in [6.45, 7) is 6.01. The number of rotatable bonds is 10. The molecule has 1 rings (SSSR count). The number of hydrogen-bond acceptors (Lipinski definition) is 5. The molecule has 0 saturated carbocycles. The molecule has 0 unspecified atom stereocenters. The maximum Gasteiger partial charge on any atom is 0.195 e. The number of hydrogen-bond donors (Lipinski definition) is 2. The number of nitrogens with zero attached hydrogens (tertiary/aromatic N) is 2. The summed E-state index contributed by atoms with van der Waals surface area (Å²) in [6.07, 6.45) is 0. The van der Waals surface area contributed by atoms with Gasteiger partial charge in [-0.05, 0) is 26.1 Å². The van der Waals surface area contributed by atoms with Crippen LogP contribution in [-0.4, -0.2) is 72.0 Å². The highest BCUT2D eigenvalue weighted by atomic mass is 127. The molecular formula is C17H31IN4O3. The molecule has 0 bridgehead atoms. The molecule has 0 aromatic heterocycles. The van der Waals surface area contributed by atoms with Gasteiger partial charge in [-0.25, -0.2) is 0 Å². The van der Waals surface area contributed by atoms with Crippen LogP contribution in [-0.2, 0) is 4.74 Å². The zero-order valence-electron chi connectivity index (χ0n) is 15.8. The molecule has 0 atom stereocenters. The SMILES string of the molecule is CCNC(=NCCN(C)CCOC)Nc1ccc(OC)c(OC)c1.I. The Labute approximate surface area is 168 Å². The van der Waals surface area contributed by atoms with Gasteiger partial charge in [0, 0.05) is 38.5 Å². The normalized spacial score (nSPS) is 11.0. The van der Waals surface area contributed by atoms with Crippen LogP contribution >= 0.6 is 24.0 Å². The predicted molar refractivity (Wildman–Crippen MR) is 114 cm³/mol. The number of anilines is 1. The van der Waals surface area contributed by atoms with Crippen LogP contribution in [0.5, 0.6) is 11.5 Å². The number of ether oxygens (including phenoxy) is 3. The van der Waals surface area contributed by atoms with Crippen LogP contribution in [0.4, 0.5) is 5.69 Å². The van der Waals surface area contributed by atoms with E-state index in [1.54, 1.807) is 21.3 Å². The molecule has 25 heavy (non-hydrogen) atoms. The van der Waals surface area contributed by atoms with Crippen LogP contribution in [0, 0.1) is 0 Å². The van der Waals surface area contributed by atoms with E-state index < -0.39 is 0 Å². The van der Waals surface area contributed by atoms with Gasteiger partial charge in [0.25, 0.3) is 0 Å². The quantitative estimate of drug-likeness (QED) is 0.314. The average molecular weight is 466 g/mol. The van der Waals surface area contributed by atoms with Crippen LogP contribution < -0.4 is 20.1 Å². The summed E-state index contributed by atoms with van der Waals surface area (Å²) in [5.74, 6) is 2.12. The van der Waals surface area contributed by atoms with Crippen molar-refractivity contribution in [3.63, 3.8) is 0 Å². The monoisotopic (exact) mass is 466 g/mol. The van der Waals surface area contributed by atoms with E-state index in [1.165, 1.54) is 0 Å². The molecule has 0 fully saturated rings. The lowest BCUT2D eigenvalue weighted by Gasteiger charge is -2.16. The minimum atomic E-state index is 0.